The first-order valence-electron chi connectivity index (χ1n) is 15.7. The van der Waals surface area contributed by atoms with Crippen LogP contribution in [0.1, 0.15) is 39.6 Å². The number of ether oxygens (including phenoxy) is 2. The first kappa shape index (κ1) is 33.6. The zero-order valence-electron chi connectivity index (χ0n) is 27.1. The molecule has 0 aliphatic heterocycles. The van der Waals surface area contributed by atoms with Crippen molar-refractivity contribution in [1.82, 2.24) is 4.98 Å². The minimum Gasteiger partial charge on any atom is -0.464 e. The lowest BCUT2D eigenvalue weighted by molar-refractivity contribution is -0.147. The van der Waals surface area contributed by atoms with Crippen molar-refractivity contribution in [2.75, 3.05) is 12.4 Å². The highest BCUT2D eigenvalue weighted by Crippen LogP contribution is 2.40. The lowest BCUT2D eigenvalue weighted by atomic mass is 9.77. The van der Waals surface area contributed by atoms with Crippen LogP contribution in [-0.2, 0) is 29.4 Å². The summed E-state index contributed by atoms with van der Waals surface area (Å²) in [6.07, 6.45) is -0.722. The van der Waals surface area contributed by atoms with Crippen molar-refractivity contribution in [2.24, 2.45) is 5.16 Å². The predicted molar refractivity (Wildman–Crippen MR) is 195 cm³/mol. The Morgan fingerprint density at radius 1 is 0.700 bits per heavy atom. The van der Waals surface area contributed by atoms with E-state index in [9.17, 15) is 9.59 Å². The van der Waals surface area contributed by atoms with Gasteiger partial charge in [0.15, 0.2) is 11.2 Å². The normalized spacial score (nSPS) is 11.4. The molecule has 0 atom stereocenters. The number of carbonyl (C=O) groups is 2. The molecule has 5 aromatic carbocycles. The molecule has 0 aliphatic rings. The number of oxime groups is 1. The van der Waals surface area contributed by atoms with Crippen molar-refractivity contribution in [3.63, 3.8) is 0 Å². The summed E-state index contributed by atoms with van der Waals surface area (Å²) in [5, 5.41) is 9.82. The smallest absolute Gasteiger partial charge is 0.377 e. The van der Waals surface area contributed by atoms with E-state index in [-0.39, 0.29) is 11.4 Å². The molecule has 9 heteroatoms. The Labute approximate surface area is 294 Å². The second-order valence-electron chi connectivity index (χ2n) is 11.1. The van der Waals surface area contributed by atoms with Crippen LogP contribution in [-0.4, -0.2) is 29.7 Å². The number of esters is 2. The molecule has 6 rings (SSSR count). The Morgan fingerprint density at radius 3 is 1.58 bits per heavy atom. The van der Waals surface area contributed by atoms with E-state index in [0.29, 0.717) is 5.13 Å². The molecule has 0 saturated carbocycles. The van der Waals surface area contributed by atoms with Gasteiger partial charge < -0.3 is 19.6 Å². The van der Waals surface area contributed by atoms with Crippen molar-refractivity contribution >= 4 is 34.1 Å². The fourth-order valence-corrected chi connectivity index (χ4v) is 6.31. The number of aromatic nitrogens is 1. The number of nitrogens with one attached hydrogen (secondary N) is 1. The van der Waals surface area contributed by atoms with Crippen molar-refractivity contribution < 1.29 is 23.9 Å². The maximum atomic E-state index is 13.2. The molecule has 0 spiro atoms. The Kier molecular flexibility index (Phi) is 10.6. The third-order valence-electron chi connectivity index (χ3n) is 7.94. The number of anilines is 1. The number of methoxy groups -OCH3 is 1. The molecule has 1 heterocycles. The average Bonchev–Trinajstić information content (AvgIpc) is 3.65. The van der Waals surface area contributed by atoms with E-state index >= 15 is 0 Å². The summed E-state index contributed by atoms with van der Waals surface area (Å²) in [4.78, 5) is 36.3. The van der Waals surface area contributed by atoms with E-state index < -0.39 is 29.3 Å². The zero-order valence-corrected chi connectivity index (χ0v) is 28.0. The molecule has 0 radical (unpaired) electrons. The fraction of sp³-hybridized carbons (Fsp3) is 0.0732. The molecule has 248 valence electrons. The van der Waals surface area contributed by atoms with Crippen LogP contribution in [0.2, 0.25) is 0 Å². The number of hydrogen-bond acceptors (Lipinski definition) is 9. The van der Waals surface area contributed by atoms with E-state index in [1.54, 1.807) is 5.38 Å². The topological polar surface area (TPSA) is 99.1 Å². The largest absolute Gasteiger partial charge is 0.464 e. The van der Waals surface area contributed by atoms with Gasteiger partial charge in [-0.15, -0.1) is 11.3 Å². The molecule has 6 aromatic rings. The second kappa shape index (κ2) is 15.7. The van der Waals surface area contributed by atoms with Crippen LogP contribution < -0.4 is 5.32 Å². The van der Waals surface area contributed by atoms with Gasteiger partial charge in [-0.05, 0) is 34.4 Å². The molecular formula is C41H33N3O5S. The number of nitrogens with zero attached hydrogens (tertiary/aromatic N) is 2. The molecule has 8 nitrogen and oxygen atoms in total. The van der Waals surface area contributed by atoms with Crippen LogP contribution in [0.25, 0.3) is 0 Å². The summed E-state index contributed by atoms with van der Waals surface area (Å²) in [6, 6.07) is 48.8. The number of carbonyl (C=O) groups excluding carboxylic acids is 2. The van der Waals surface area contributed by atoms with Crippen molar-refractivity contribution in [3.05, 3.63) is 203 Å². The standard InChI is InChI=1S/C41H33N3O5S/c1-29(38(45)48-37(30-18-8-3-9-19-30)31-20-10-4-11-21-31)49-44-36(39(46)47-2)35-28-50-40(42-35)43-41(32-22-12-5-13-23-32,33-24-14-6-15-25-33)34-26-16-7-17-27-34/h3-28,37H,1H2,2H3,(H,42,43). The third kappa shape index (κ3) is 7.38. The highest BCUT2D eigenvalue weighted by Gasteiger charge is 2.37. The number of thiazole rings is 1. The van der Waals surface area contributed by atoms with Crippen LogP contribution >= 0.6 is 11.3 Å². The van der Waals surface area contributed by atoms with Gasteiger partial charge in [0.1, 0.15) is 11.2 Å². The van der Waals surface area contributed by atoms with Crippen LogP contribution in [0, 0.1) is 0 Å². The predicted octanol–water partition coefficient (Wildman–Crippen LogP) is 8.29. The summed E-state index contributed by atoms with van der Waals surface area (Å²) in [5.74, 6) is -2.09. The van der Waals surface area contributed by atoms with Gasteiger partial charge in [-0.25, -0.2) is 14.6 Å². The number of rotatable bonds is 13. The summed E-state index contributed by atoms with van der Waals surface area (Å²) < 4.78 is 10.8. The van der Waals surface area contributed by atoms with E-state index in [1.807, 2.05) is 115 Å². The Balaban J connectivity index is 1.29. The molecule has 0 saturated heterocycles. The van der Waals surface area contributed by atoms with E-state index in [1.165, 1.54) is 18.4 Å². The SMILES string of the molecule is C=C(ON=C(C(=O)OC)c1csc(NC(c2ccccc2)(c2ccccc2)c2ccccc2)n1)C(=O)OC(c1ccccc1)c1ccccc1. The first-order valence-corrected chi connectivity index (χ1v) is 16.6. The molecule has 0 fully saturated rings. The molecule has 0 unspecified atom stereocenters. The first-order chi connectivity index (χ1) is 24.5. The lowest BCUT2D eigenvalue weighted by Crippen LogP contribution is -2.38. The quantitative estimate of drug-likeness (QED) is 0.0328. The Morgan fingerprint density at radius 2 is 1.14 bits per heavy atom. The minimum atomic E-state index is -0.852. The summed E-state index contributed by atoms with van der Waals surface area (Å²) in [7, 11) is 1.22. The van der Waals surface area contributed by atoms with Gasteiger partial charge in [0.2, 0.25) is 11.5 Å². The molecule has 0 amide bonds. The van der Waals surface area contributed by atoms with E-state index in [0.717, 1.165) is 27.8 Å². The van der Waals surface area contributed by atoms with Crippen LogP contribution in [0.15, 0.2) is 175 Å². The van der Waals surface area contributed by atoms with Gasteiger partial charge in [0.05, 0.1) is 7.11 Å². The van der Waals surface area contributed by atoms with Crippen LogP contribution in [0.3, 0.4) is 0 Å². The van der Waals surface area contributed by atoms with Gasteiger partial charge in [-0.2, -0.15) is 0 Å². The molecular weight excluding hydrogens is 647 g/mol. The van der Waals surface area contributed by atoms with Gasteiger partial charge in [-0.3, -0.25) is 0 Å². The van der Waals surface area contributed by atoms with Gasteiger partial charge in [0.25, 0.3) is 0 Å². The van der Waals surface area contributed by atoms with Crippen LogP contribution in [0.5, 0.6) is 0 Å². The van der Waals surface area contributed by atoms with E-state index in [2.05, 4.69) is 53.4 Å². The van der Waals surface area contributed by atoms with Crippen molar-refractivity contribution in [2.45, 2.75) is 11.6 Å². The molecule has 0 bridgehead atoms. The molecule has 0 aliphatic carbocycles. The van der Waals surface area contributed by atoms with Gasteiger partial charge in [-0.1, -0.05) is 157 Å². The van der Waals surface area contributed by atoms with Gasteiger partial charge >= 0.3 is 11.9 Å². The van der Waals surface area contributed by atoms with Crippen molar-refractivity contribution in [1.29, 1.82) is 0 Å². The summed E-state index contributed by atoms with van der Waals surface area (Å²) in [5.41, 5.74) is 3.57. The zero-order chi connectivity index (χ0) is 34.8. The fourth-order valence-electron chi connectivity index (χ4n) is 5.56. The minimum absolute atomic E-state index is 0.181. The average molecular weight is 680 g/mol. The highest BCUT2D eigenvalue weighted by molar-refractivity contribution is 7.14. The molecule has 1 N–H and O–H groups in total. The third-order valence-corrected chi connectivity index (χ3v) is 8.70. The molecule has 1 aromatic heterocycles. The maximum absolute atomic E-state index is 13.2. The van der Waals surface area contributed by atoms with Gasteiger partial charge in [0, 0.05) is 5.38 Å². The summed E-state index contributed by atoms with van der Waals surface area (Å²) in [6.45, 7) is 3.71. The second-order valence-corrected chi connectivity index (χ2v) is 11.9. The summed E-state index contributed by atoms with van der Waals surface area (Å²) >= 11 is 1.28. The Hall–Kier alpha value is -6.32. The monoisotopic (exact) mass is 679 g/mol. The number of hydrogen-bond donors (Lipinski definition) is 1. The Bertz CT molecular complexity index is 1930. The number of benzene rings is 5. The molecule has 50 heavy (non-hydrogen) atoms. The lowest BCUT2D eigenvalue weighted by Gasteiger charge is -2.36. The van der Waals surface area contributed by atoms with Crippen molar-refractivity contribution in [3.8, 4) is 0 Å². The van der Waals surface area contributed by atoms with Crippen LogP contribution in [0.4, 0.5) is 5.13 Å². The highest BCUT2D eigenvalue weighted by atomic mass is 32.1. The van der Waals surface area contributed by atoms with E-state index in [4.69, 9.17) is 19.3 Å². The maximum Gasteiger partial charge on any atom is 0.377 e.